The molecule has 1 aromatic carbocycles. The molecular formula is C21H29NO4. The van der Waals surface area contributed by atoms with Crippen LogP contribution in [0.1, 0.15) is 45.1 Å². The lowest BCUT2D eigenvalue weighted by Gasteiger charge is -2.24. The minimum absolute atomic E-state index is 0.225. The number of imide groups is 1. The molecule has 1 N–H and O–H groups in total. The normalized spacial score (nSPS) is 19.1. The van der Waals surface area contributed by atoms with Crippen molar-refractivity contribution in [3.8, 4) is 0 Å². The second-order valence-corrected chi connectivity index (χ2v) is 7.13. The van der Waals surface area contributed by atoms with Crippen molar-refractivity contribution in [3.63, 3.8) is 0 Å². The van der Waals surface area contributed by atoms with Crippen molar-refractivity contribution in [2.45, 2.75) is 58.1 Å². The number of hydrogen-bond donors (Lipinski definition) is 1. The Labute approximate surface area is 155 Å². The first-order valence-corrected chi connectivity index (χ1v) is 9.30. The monoisotopic (exact) mass is 359 g/mol. The third-order valence-corrected chi connectivity index (χ3v) is 4.68. The van der Waals surface area contributed by atoms with Crippen LogP contribution in [0.5, 0.6) is 0 Å². The molecule has 0 saturated carbocycles. The molecule has 1 fully saturated rings. The molecule has 1 heterocycles. The highest BCUT2D eigenvalue weighted by Gasteiger charge is 2.39. The van der Waals surface area contributed by atoms with Crippen LogP contribution in [0, 0.1) is 5.92 Å². The van der Waals surface area contributed by atoms with E-state index in [9.17, 15) is 14.7 Å². The Morgan fingerprint density at radius 2 is 2.04 bits per heavy atom. The predicted molar refractivity (Wildman–Crippen MR) is 101 cm³/mol. The van der Waals surface area contributed by atoms with E-state index in [1.807, 2.05) is 37.3 Å². The van der Waals surface area contributed by atoms with E-state index < -0.39 is 12.2 Å². The van der Waals surface area contributed by atoms with Crippen LogP contribution in [0.2, 0.25) is 0 Å². The van der Waals surface area contributed by atoms with Crippen LogP contribution in [-0.4, -0.2) is 40.8 Å². The highest BCUT2D eigenvalue weighted by Crippen LogP contribution is 2.24. The van der Waals surface area contributed by atoms with E-state index in [2.05, 4.69) is 6.58 Å². The summed E-state index contributed by atoms with van der Waals surface area (Å²) < 4.78 is 5.13. The standard InChI is InChI=1S/C21H29NO4/c1-4-8-19(23)12-15(2)11-16(3)20(24)22-18(14-26-21(22)25)13-17-9-6-5-7-10-17/h5-7,9-10,16,18-19,23H,2,4,8,11-14H2,1,3H3/t16-,18+,19?/m1/s1. The average molecular weight is 359 g/mol. The van der Waals surface area contributed by atoms with Gasteiger partial charge in [0.2, 0.25) is 5.91 Å². The number of rotatable bonds is 9. The number of cyclic esters (lactones) is 1. The van der Waals surface area contributed by atoms with Crippen LogP contribution in [0.15, 0.2) is 42.5 Å². The molecule has 1 aliphatic heterocycles. The molecule has 3 atom stereocenters. The summed E-state index contributed by atoms with van der Waals surface area (Å²) >= 11 is 0. The van der Waals surface area contributed by atoms with Gasteiger partial charge in [0.25, 0.3) is 0 Å². The Hall–Kier alpha value is -2.14. The maximum absolute atomic E-state index is 12.8. The highest BCUT2D eigenvalue weighted by molar-refractivity contribution is 5.94. The van der Waals surface area contributed by atoms with Gasteiger partial charge in [-0.15, -0.1) is 0 Å². The SMILES string of the molecule is C=C(CC(O)CCC)C[C@@H](C)C(=O)N1C(=O)OC[C@@H]1Cc1ccccc1. The summed E-state index contributed by atoms with van der Waals surface area (Å²) in [6.07, 6.45) is 2.17. The molecule has 0 aromatic heterocycles. The average Bonchev–Trinajstić information content (AvgIpc) is 2.95. The van der Waals surface area contributed by atoms with Gasteiger partial charge in [0.1, 0.15) is 6.61 Å². The topological polar surface area (TPSA) is 66.8 Å². The Bertz CT molecular complexity index is 628. The number of carbonyl (C=O) groups excluding carboxylic acids is 2. The van der Waals surface area contributed by atoms with E-state index in [0.717, 1.165) is 24.0 Å². The predicted octanol–water partition coefficient (Wildman–Crippen LogP) is 3.71. The van der Waals surface area contributed by atoms with Crippen molar-refractivity contribution in [2.75, 3.05) is 6.61 Å². The molecule has 1 unspecified atom stereocenters. The molecule has 2 rings (SSSR count). The fourth-order valence-electron chi connectivity index (χ4n) is 3.38. The van der Waals surface area contributed by atoms with Crippen molar-refractivity contribution in [3.05, 3.63) is 48.0 Å². The molecule has 142 valence electrons. The summed E-state index contributed by atoms with van der Waals surface area (Å²) in [7, 11) is 0. The van der Waals surface area contributed by atoms with Gasteiger partial charge in [-0.2, -0.15) is 0 Å². The van der Waals surface area contributed by atoms with Gasteiger partial charge in [0, 0.05) is 5.92 Å². The van der Waals surface area contributed by atoms with E-state index >= 15 is 0 Å². The largest absolute Gasteiger partial charge is 0.447 e. The Kier molecular flexibility index (Phi) is 7.39. The summed E-state index contributed by atoms with van der Waals surface area (Å²) in [5, 5.41) is 9.90. The molecule has 1 saturated heterocycles. The molecule has 0 spiro atoms. The van der Waals surface area contributed by atoms with Gasteiger partial charge in [-0.25, -0.2) is 9.69 Å². The van der Waals surface area contributed by atoms with Crippen LogP contribution >= 0.6 is 0 Å². The number of carbonyl (C=O) groups is 2. The molecule has 26 heavy (non-hydrogen) atoms. The quantitative estimate of drug-likeness (QED) is 0.683. The maximum atomic E-state index is 12.8. The number of nitrogens with zero attached hydrogens (tertiary/aromatic N) is 1. The maximum Gasteiger partial charge on any atom is 0.416 e. The molecule has 5 nitrogen and oxygen atoms in total. The first-order valence-electron chi connectivity index (χ1n) is 9.30. The first-order chi connectivity index (χ1) is 12.4. The molecule has 5 heteroatoms. The number of amides is 2. The third kappa shape index (κ3) is 5.43. The van der Waals surface area contributed by atoms with Crippen molar-refractivity contribution in [2.24, 2.45) is 5.92 Å². The van der Waals surface area contributed by atoms with E-state index in [1.54, 1.807) is 6.92 Å². The van der Waals surface area contributed by atoms with Gasteiger partial charge >= 0.3 is 6.09 Å². The number of benzene rings is 1. The van der Waals surface area contributed by atoms with Gasteiger partial charge in [0.15, 0.2) is 0 Å². The summed E-state index contributed by atoms with van der Waals surface area (Å²) in [6, 6.07) is 9.49. The molecule has 1 aromatic rings. The zero-order chi connectivity index (χ0) is 19.1. The zero-order valence-electron chi connectivity index (χ0n) is 15.7. The Morgan fingerprint density at radius 3 is 2.69 bits per heavy atom. The van der Waals surface area contributed by atoms with E-state index in [0.29, 0.717) is 19.3 Å². The van der Waals surface area contributed by atoms with Gasteiger partial charge in [0.05, 0.1) is 12.1 Å². The van der Waals surface area contributed by atoms with Crippen molar-refractivity contribution in [1.82, 2.24) is 4.90 Å². The molecule has 0 radical (unpaired) electrons. The lowest BCUT2D eigenvalue weighted by atomic mass is 9.95. The lowest BCUT2D eigenvalue weighted by Crippen LogP contribution is -2.43. The minimum atomic E-state index is -0.570. The second-order valence-electron chi connectivity index (χ2n) is 7.13. The van der Waals surface area contributed by atoms with Crippen molar-refractivity contribution < 1.29 is 19.4 Å². The first kappa shape index (κ1) is 20.2. The van der Waals surface area contributed by atoms with Crippen LogP contribution in [-0.2, 0) is 16.0 Å². The molecule has 1 aliphatic rings. The summed E-state index contributed by atoms with van der Waals surface area (Å²) in [5.41, 5.74) is 1.90. The Morgan fingerprint density at radius 1 is 1.35 bits per heavy atom. The summed E-state index contributed by atoms with van der Waals surface area (Å²) in [4.78, 5) is 26.2. The second kappa shape index (κ2) is 9.53. The van der Waals surface area contributed by atoms with E-state index in [1.165, 1.54) is 4.90 Å². The highest BCUT2D eigenvalue weighted by atomic mass is 16.6. The fraction of sp³-hybridized carbons (Fsp3) is 0.524. The zero-order valence-corrected chi connectivity index (χ0v) is 15.7. The van der Waals surface area contributed by atoms with E-state index in [4.69, 9.17) is 4.74 Å². The van der Waals surface area contributed by atoms with Crippen LogP contribution in [0.4, 0.5) is 4.79 Å². The molecule has 0 aliphatic carbocycles. The summed E-state index contributed by atoms with van der Waals surface area (Å²) in [6.45, 7) is 8.02. The third-order valence-electron chi connectivity index (χ3n) is 4.68. The molecule has 2 amide bonds. The minimum Gasteiger partial charge on any atom is -0.447 e. The number of ether oxygens (including phenoxy) is 1. The van der Waals surface area contributed by atoms with E-state index in [-0.39, 0.29) is 24.5 Å². The van der Waals surface area contributed by atoms with Crippen molar-refractivity contribution >= 4 is 12.0 Å². The number of aliphatic hydroxyl groups excluding tert-OH is 1. The van der Waals surface area contributed by atoms with Gasteiger partial charge < -0.3 is 9.84 Å². The van der Waals surface area contributed by atoms with Crippen LogP contribution in [0.25, 0.3) is 0 Å². The van der Waals surface area contributed by atoms with Gasteiger partial charge in [-0.05, 0) is 31.2 Å². The van der Waals surface area contributed by atoms with Crippen molar-refractivity contribution in [1.29, 1.82) is 0 Å². The number of aliphatic hydroxyl groups is 1. The Balaban J connectivity index is 1.96. The number of hydrogen-bond acceptors (Lipinski definition) is 4. The van der Waals surface area contributed by atoms with Gasteiger partial charge in [-0.1, -0.05) is 62.8 Å². The summed E-state index contributed by atoms with van der Waals surface area (Å²) in [5.74, 6) is -0.611. The lowest BCUT2D eigenvalue weighted by molar-refractivity contribution is -0.132. The molecule has 0 bridgehead atoms. The molecular weight excluding hydrogens is 330 g/mol. The fourth-order valence-corrected chi connectivity index (χ4v) is 3.38. The smallest absolute Gasteiger partial charge is 0.416 e. The van der Waals surface area contributed by atoms with Gasteiger partial charge in [-0.3, -0.25) is 4.79 Å². The van der Waals surface area contributed by atoms with Crippen LogP contribution in [0.3, 0.4) is 0 Å². The van der Waals surface area contributed by atoms with Crippen LogP contribution < -0.4 is 0 Å².